The van der Waals surface area contributed by atoms with E-state index in [4.69, 9.17) is 9.47 Å². The van der Waals surface area contributed by atoms with Crippen LogP contribution in [0.5, 0.6) is 0 Å². The summed E-state index contributed by atoms with van der Waals surface area (Å²) in [5.74, 6) is 0.816. The van der Waals surface area contributed by atoms with Crippen LogP contribution in [0.15, 0.2) is 0 Å². The van der Waals surface area contributed by atoms with Crippen molar-refractivity contribution in [3.63, 3.8) is 0 Å². The number of nitrogens with one attached hydrogen (secondary N) is 1. The summed E-state index contributed by atoms with van der Waals surface area (Å²) in [7, 11) is 1.72. The Labute approximate surface area is 106 Å². The van der Waals surface area contributed by atoms with Gasteiger partial charge in [0, 0.05) is 19.8 Å². The molecule has 1 saturated carbocycles. The Balaban J connectivity index is 2.12. The number of hydrogen-bond acceptors (Lipinski definition) is 3. The molecule has 3 atom stereocenters. The van der Waals surface area contributed by atoms with Gasteiger partial charge in [0.1, 0.15) is 0 Å². The van der Waals surface area contributed by atoms with Crippen LogP contribution in [0.1, 0.15) is 46.0 Å². The molecular formula is C14H29NO2. The summed E-state index contributed by atoms with van der Waals surface area (Å²) < 4.78 is 10.8. The van der Waals surface area contributed by atoms with Crippen LogP contribution in [0.25, 0.3) is 0 Å². The molecule has 0 spiro atoms. The van der Waals surface area contributed by atoms with Crippen LogP contribution in [0, 0.1) is 5.92 Å². The molecule has 1 fully saturated rings. The van der Waals surface area contributed by atoms with Gasteiger partial charge in [0.15, 0.2) is 0 Å². The first kappa shape index (κ1) is 14.9. The Morgan fingerprint density at radius 1 is 1.35 bits per heavy atom. The van der Waals surface area contributed by atoms with Crippen LogP contribution >= 0.6 is 0 Å². The molecule has 0 heterocycles. The standard InChI is InChI=1S/C14H29NO2/c1-4-9-15-14-7-5-6-13(14)8-10-17-12(2)11-16-3/h12-15H,4-11H2,1-3H3. The van der Waals surface area contributed by atoms with Gasteiger partial charge >= 0.3 is 0 Å². The fraction of sp³-hybridized carbons (Fsp3) is 1.00. The first-order valence-corrected chi connectivity index (χ1v) is 7.11. The van der Waals surface area contributed by atoms with Crippen molar-refractivity contribution in [2.75, 3.05) is 26.9 Å². The minimum atomic E-state index is 0.225. The lowest BCUT2D eigenvalue weighted by Gasteiger charge is -2.21. The molecule has 17 heavy (non-hydrogen) atoms. The zero-order chi connectivity index (χ0) is 12.5. The van der Waals surface area contributed by atoms with Crippen LogP contribution < -0.4 is 5.32 Å². The van der Waals surface area contributed by atoms with Crippen LogP contribution in [0.3, 0.4) is 0 Å². The fourth-order valence-corrected chi connectivity index (χ4v) is 2.68. The van der Waals surface area contributed by atoms with Crippen LogP contribution in [0.2, 0.25) is 0 Å². The summed E-state index contributed by atoms with van der Waals surface area (Å²) in [5, 5.41) is 3.66. The summed E-state index contributed by atoms with van der Waals surface area (Å²) in [4.78, 5) is 0. The third kappa shape index (κ3) is 5.84. The van der Waals surface area contributed by atoms with Gasteiger partial charge in [0.2, 0.25) is 0 Å². The molecule has 0 bridgehead atoms. The molecular weight excluding hydrogens is 214 g/mol. The first-order chi connectivity index (χ1) is 8.27. The maximum absolute atomic E-state index is 5.74. The molecule has 3 unspecified atom stereocenters. The molecule has 0 saturated heterocycles. The van der Waals surface area contributed by atoms with Gasteiger partial charge in [-0.2, -0.15) is 0 Å². The maximum Gasteiger partial charge on any atom is 0.0780 e. The second kappa shape index (κ2) is 8.90. The van der Waals surface area contributed by atoms with Gasteiger partial charge in [0.25, 0.3) is 0 Å². The summed E-state index contributed by atoms with van der Waals surface area (Å²) in [5.41, 5.74) is 0. The Morgan fingerprint density at radius 3 is 2.88 bits per heavy atom. The minimum Gasteiger partial charge on any atom is -0.382 e. The monoisotopic (exact) mass is 243 g/mol. The van der Waals surface area contributed by atoms with Gasteiger partial charge in [-0.1, -0.05) is 13.3 Å². The molecule has 0 amide bonds. The average Bonchev–Trinajstić information content (AvgIpc) is 2.74. The fourth-order valence-electron chi connectivity index (χ4n) is 2.68. The lowest BCUT2D eigenvalue weighted by molar-refractivity contribution is 0.00317. The van der Waals surface area contributed by atoms with Crippen molar-refractivity contribution in [2.24, 2.45) is 5.92 Å². The first-order valence-electron chi connectivity index (χ1n) is 7.11. The second-order valence-corrected chi connectivity index (χ2v) is 5.18. The topological polar surface area (TPSA) is 30.5 Å². The van der Waals surface area contributed by atoms with E-state index < -0.39 is 0 Å². The van der Waals surface area contributed by atoms with Crippen LogP contribution in [0.4, 0.5) is 0 Å². The third-order valence-corrected chi connectivity index (χ3v) is 3.61. The van der Waals surface area contributed by atoms with E-state index in [2.05, 4.69) is 19.2 Å². The molecule has 0 aromatic heterocycles. The van der Waals surface area contributed by atoms with Crippen LogP contribution in [-0.4, -0.2) is 39.0 Å². The van der Waals surface area contributed by atoms with E-state index in [0.29, 0.717) is 6.61 Å². The van der Waals surface area contributed by atoms with Crippen molar-refractivity contribution in [1.82, 2.24) is 5.32 Å². The molecule has 0 radical (unpaired) electrons. The zero-order valence-electron chi connectivity index (χ0n) is 11.7. The molecule has 1 N–H and O–H groups in total. The molecule has 1 rings (SSSR count). The third-order valence-electron chi connectivity index (χ3n) is 3.61. The van der Waals surface area contributed by atoms with Crippen LogP contribution in [-0.2, 0) is 9.47 Å². The van der Waals surface area contributed by atoms with Crippen molar-refractivity contribution in [3.05, 3.63) is 0 Å². The van der Waals surface area contributed by atoms with E-state index in [1.165, 1.54) is 32.1 Å². The largest absolute Gasteiger partial charge is 0.382 e. The average molecular weight is 243 g/mol. The lowest BCUT2D eigenvalue weighted by atomic mass is 10.00. The number of hydrogen-bond donors (Lipinski definition) is 1. The predicted molar refractivity (Wildman–Crippen MR) is 71.3 cm³/mol. The Morgan fingerprint density at radius 2 is 2.18 bits per heavy atom. The number of methoxy groups -OCH3 is 1. The Hall–Kier alpha value is -0.120. The molecule has 3 nitrogen and oxygen atoms in total. The van der Waals surface area contributed by atoms with E-state index >= 15 is 0 Å². The van der Waals surface area contributed by atoms with Gasteiger partial charge in [-0.3, -0.25) is 0 Å². The molecule has 0 aromatic carbocycles. The van der Waals surface area contributed by atoms with Crippen molar-refractivity contribution in [3.8, 4) is 0 Å². The van der Waals surface area contributed by atoms with E-state index in [1.807, 2.05) is 0 Å². The van der Waals surface area contributed by atoms with E-state index in [1.54, 1.807) is 7.11 Å². The quantitative estimate of drug-likeness (QED) is 0.675. The normalized spacial score (nSPS) is 26.3. The van der Waals surface area contributed by atoms with E-state index in [-0.39, 0.29) is 6.10 Å². The zero-order valence-corrected chi connectivity index (χ0v) is 11.7. The number of rotatable bonds is 9. The highest BCUT2D eigenvalue weighted by Gasteiger charge is 2.26. The molecule has 3 heteroatoms. The van der Waals surface area contributed by atoms with Crippen molar-refractivity contribution in [1.29, 1.82) is 0 Å². The number of ether oxygens (including phenoxy) is 2. The smallest absolute Gasteiger partial charge is 0.0780 e. The molecule has 1 aliphatic rings. The highest BCUT2D eigenvalue weighted by atomic mass is 16.5. The molecule has 102 valence electrons. The Bertz CT molecular complexity index is 187. The predicted octanol–water partition coefficient (Wildman–Crippen LogP) is 2.60. The molecule has 0 aliphatic heterocycles. The van der Waals surface area contributed by atoms with E-state index in [9.17, 15) is 0 Å². The highest BCUT2D eigenvalue weighted by molar-refractivity contribution is 4.82. The van der Waals surface area contributed by atoms with Crippen molar-refractivity contribution < 1.29 is 9.47 Å². The van der Waals surface area contributed by atoms with Gasteiger partial charge in [-0.25, -0.2) is 0 Å². The van der Waals surface area contributed by atoms with Gasteiger partial charge in [-0.15, -0.1) is 0 Å². The lowest BCUT2D eigenvalue weighted by Crippen LogP contribution is -2.33. The second-order valence-electron chi connectivity index (χ2n) is 5.18. The summed E-state index contributed by atoms with van der Waals surface area (Å²) in [6.45, 7) is 7.03. The van der Waals surface area contributed by atoms with Gasteiger partial charge < -0.3 is 14.8 Å². The Kier molecular flexibility index (Phi) is 7.82. The SMILES string of the molecule is CCCNC1CCCC1CCOC(C)COC. The minimum absolute atomic E-state index is 0.225. The summed E-state index contributed by atoms with van der Waals surface area (Å²) >= 11 is 0. The maximum atomic E-state index is 5.74. The van der Waals surface area contributed by atoms with Crippen molar-refractivity contribution in [2.45, 2.75) is 58.1 Å². The van der Waals surface area contributed by atoms with Gasteiger partial charge in [0.05, 0.1) is 12.7 Å². The molecule has 1 aliphatic carbocycles. The van der Waals surface area contributed by atoms with Gasteiger partial charge in [-0.05, 0) is 45.1 Å². The highest BCUT2D eigenvalue weighted by Crippen LogP contribution is 2.28. The van der Waals surface area contributed by atoms with E-state index in [0.717, 1.165) is 25.1 Å². The van der Waals surface area contributed by atoms with Crippen molar-refractivity contribution >= 4 is 0 Å². The summed E-state index contributed by atoms with van der Waals surface area (Å²) in [6.07, 6.45) is 6.73. The molecule has 0 aromatic rings. The summed E-state index contributed by atoms with van der Waals surface area (Å²) in [6, 6.07) is 0.733.